The molecule has 0 amide bonds. The number of carboxylic acids is 1. The number of carboxylic acid groups (broad SMARTS) is 1. The summed E-state index contributed by atoms with van der Waals surface area (Å²) in [7, 11) is 0. The molecule has 0 aromatic carbocycles. The molecule has 4 aliphatic rings. The number of hydrogen-bond acceptors (Lipinski definition) is 2. The molecule has 4 fully saturated rings. The molecule has 3 heteroatoms. The molecule has 0 spiro atoms. The van der Waals surface area contributed by atoms with Gasteiger partial charge in [-0.05, 0) is 91.8 Å². The first kappa shape index (κ1) is 19.5. The van der Waals surface area contributed by atoms with E-state index in [1.165, 1.54) is 57.8 Å². The minimum Gasteiger partial charge on any atom is -0.481 e. The Kier molecular flexibility index (Phi) is 4.96. The number of aliphatic carboxylic acids is 1. The third-order valence-corrected chi connectivity index (χ3v) is 10.1. The lowest BCUT2D eigenvalue weighted by Gasteiger charge is -2.60. The van der Waals surface area contributed by atoms with Crippen LogP contribution in [0.1, 0.15) is 91.4 Å². The number of fused-ring (bicyclic) bond motifs is 5. The van der Waals surface area contributed by atoms with E-state index in [2.05, 4.69) is 13.8 Å². The van der Waals surface area contributed by atoms with Crippen molar-refractivity contribution in [3.63, 3.8) is 0 Å². The maximum absolute atomic E-state index is 12.5. The Hall–Kier alpha value is -0.860. The highest BCUT2D eigenvalue weighted by molar-refractivity contribution is 5.96. The molecule has 27 heavy (non-hydrogen) atoms. The van der Waals surface area contributed by atoms with Gasteiger partial charge in [-0.15, -0.1) is 0 Å². The van der Waals surface area contributed by atoms with E-state index in [-0.39, 0.29) is 23.5 Å². The maximum Gasteiger partial charge on any atom is 0.310 e. The number of carbonyl (C=O) groups is 2. The second kappa shape index (κ2) is 6.88. The normalized spacial score (nSPS) is 47.4. The van der Waals surface area contributed by atoms with Gasteiger partial charge >= 0.3 is 5.97 Å². The fourth-order valence-electron chi connectivity index (χ4n) is 8.69. The van der Waals surface area contributed by atoms with Crippen molar-refractivity contribution in [3.05, 3.63) is 0 Å². The van der Waals surface area contributed by atoms with E-state index in [1.54, 1.807) is 0 Å². The molecule has 0 aromatic heterocycles. The lowest BCUT2D eigenvalue weighted by molar-refractivity contribution is -0.143. The minimum absolute atomic E-state index is 0.0561. The average molecular weight is 375 g/mol. The van der Waals surface area contributed by atoms with Crippen molar-refractivity contribution in [2.45, 2.75) is 91.4 Å². The summed E-state index contributed by atoms with van der Waals surface area (Å²) in [4.78, 5) is 23.5. The number of Topliss-reactive ketones (excluding diaryl/α,β-unsaturated/α-hetero) is 1. The molecule has 1 N–H and O–H groups in total. The lowest BCUT2D eigenvalue weighted by atomic mass is 9.44. The Morgan fingerprint density at radius 2 is 1.67 bits per heavy atom. The predicted octanol–water partition coefficient (Wildman–Crippen LogP) is 5.72. The molecular formula is C24H38O3. The zero-order valence-electron chi connectivity index (χ0n) is 17.5. The van der Waals surface area contributed by atoms with Gasteiger partial charge in [-0.3, -0.25) is 9.59 Å². The Balaban J connectivity index is 1.54. The van der Waals surface area contributed by atoms with Gasteiger partial charge in [0.1, 0.15) is 12.2 Å². The fourth-order valence-corrected chi connectivity index (χ4v) is 8.69. The van der Waals surface area contributed by atoms with Crippen molar-refractivity contribution in [2.75, 3.05) is 0 Å². The van der Waals surface area contributed by atoms with E-state index in [0.29, 0.717) is 11.3 Å². The third kappa shape index (κ3) is 2.99. The second-order valence-corrected chi connectivity index (χ2v) is 11.0. The first-order chi connectivity index (χ1) is 12.8. The van der Waals surface area contributed by atoms with Crippen LogP contribution in [0.2, 0.25) is 0 Å². The molecule has 4 rings (SSSR count). The summed E-state index contributed by atoms with van der Waals surface area (Å²) in [6.07, 6.45) is 13.2. The van der Waals surface area contributed by atoms with Gasteiger partial charge in [0, 0.05) is 5.92 Å². The smallest absolute Gasteiger partial charge is 0.310 e. The SMILES string of the molecule is C[C@H](C(=O)CC(=O)O)[C@H]1CC[C@H]2[C@@H]3CCC4CCCC[C@]4(C)[C@H]3CC[C@]12C. The Bertz CT molecular complexity index is 613. The van der Waals surface area contributed by atoms with Gasteiger partial charge in [0.15, 0.2) is 0 Å². The van der Waals surface area contributed by atoms with Crippen molar-refractivity contribution >= 4 is 11.8 Å². The second-order valence-electron chi connectivity index (χ2n) is 11.0. The summed E-state index contributed by atoms with van der Waals surface area (Å²) in [6.45, 7) is 7.07. The zero-order chi connectivity index (χ0) is 19.4. The summed E-state index contributed by atoms with van der Waals surface area (Å²) >= 11 is 0. The summed E-state index contributed by atoms with van der Waals surface area (Å²) in [5.41, 5.74) is 0.804. The van der Waals surface area contributed by atoms with Crippen molar-refractivity contribution in [1.29, 1.82) is 0 Å². The molecule has 4 aliphatic carbocycles. The van der Waals surface area contributed by atoms with Crippen LogP contribution in [0.3, 0.4) is 0 Å². The van der Waals surface area contributed by atoms with Crippen LogP contribution in [-0.4, -0.2) is 16.9 Å². The van der Waals surface area contributed by atoms with Crippen molar-refractivity contribution in [3.8, 4) is 0 Å². The predicted molar refractivity (Wildman–Crippen MR) is 106 cm³/mol. The van der Waals surface area contributed by atoms with Crippen LogP contribution < -0.4 is 0 Å². The molecule has 0 aromatic rings. The number of ketones is 1. The van der Waals surface area contributed by atoms with Gasteiger partial charge < -0.3 is 5.11 Å². The topological polar surface area (TPSA) is 54.4 Å². The summed E-state index contributed by atoms with van der Waals surface area (Å²) < 4.78 is 0. The Morgan fingerprint density at radius 1 is 0.926 bits per heavy atom. The molecular weight excluding hydrogens is 336 g/mol. The highest BCUT2D eigenvalue weighted by Gasteiger charge is 2.60. The first-order valence-electron chi connectivity index (χ1n) is 11.5. The van der Waals surface area contributed by atoms with Gasteiger partial charge in [0.25, 0.3) is 0 Å². The summed E-state index contributed by atoms with van der Waals surface area (Å²) in [5.74, 6) is 2.68. The van der Waals surface area contributed by atoms with E-state index in [0.717, 1.165) is 30.1 Å². The first-order valence-corrected chi connectivity index (χ1v) is 11.5. The van der Waals surface area contributed by atoms with Gasteiger partial charge in [0.05, 0.1) is 0 Å². The number of hydrogen-bond donors (Lipinski definition) is 1. The van der Waals surface area contributed by atoms with E-state index in [1.807, 2.05) is 6.92 Å². The van der Waals surface area contributed by atoms with E-state index in [9.17, 15) is 9.59 Å². The third-order valence-electron chi connectivity index (χ3n) is 10.1. The van der Waals surface area contributed by atoms with E-state index >= 15 is 0 Å². The minimum atomic E-state index is -0.973. The van der Waals surface area contributed by atoms with Crippen LogP contribution in [-0.2, 0) is 9.59 Å². The van der Waals surface area contributed by atoms with Crippen LogP contribution >= 0.6 is 0 Å². The van der Waals surface area contributed by atoms with Crippen LogP contribution in [0.5, 0.6) is 0 Å². The molecule has 152 valence electrons. The van der Waals surface area contributed by atoms with Crippen LogP contribution in [0.15, 0.2) is 0 Å². The van der Waals surface area contributed by atoms with Crippen molar-refractivity contribution in [2.24, 2.45) is 46.3 Å². The summed E-state index contributed by atoms with van der Waals surface area (Å²) in [6, 6.07) is 0. The number of carbonyl (C=O) groups excluding carboxylic acids is 1. The largest absolute Gasteiger partial charge is 0.481 e. The maximum atomic E-state index is 12.5. The Morgan fingerprint density at radius 3 is 2.41 bits per heavy atom. The Labute approximate surface area is 164 Å². The van der Waals surface area contributed by atoms with Crippen LogP contribution in [0, 0.1) is 46.3 Å². The van der Waals surface area contributed by atoms with Gasteiger partial charge in [-0.1, -0.05) is 33.6 Å². The fraction of sp³-hybridized carbons (Fsp3) is 0.917. The molecule has 0 aliphatic heterocycles. The zero-order valence-corrected chi connectivity index (χ0v) is 17.5. The van der Waals surface area contributed by atoms with Crippen molar-refractivity contribution < 1.29 is 14.7 Å². The van der Waals surface area contributed by atoms with E-state index in [4.69, 9.17) is 5.11 Å². The molecule has 1 unspecified atom stereocenters. The monoisotopic (exact) mass is 374 g/mol. The molecule has 0 bridgehead atoms. The standard InChI is InChI=1S/C24H38O3/c1-15(21(25)14-22(26)27)18-9-10-19-17-8-7-16-6-4-5-12-23(16,2)20(17)11-13-24(18,19)3/h15-20H,4-14H2,1-3H3,(H,26,27)/t15-,16?,17-,18+,19-,20-,23-,24+/m0/s1. The quantitative estimate of drug-likeness (QED) is 0.641. The molecule has 8 atom stereocenters. The molecule has 0 saturated heterocycles. The summed E-state index contributed by atoms with van der Waals surface area (Å²) in [5, 5.41) is 9.04. The molecule has 0 radical (unpaired) electrons. The lowest BCUT2D eigenvalue weighted by Crippen LogP contribution is -2.53. The number of rotatable bonds is 4. The molecule has 0 heterocycles. The van der Waals surface area contributed by atoms with Gasteiger partial charge in [0.2, 0.25) is 0 Å². The highest BCUT2D eigenvalue weighted by atomic mass is 16.4. The van der Waals surface area contributed by atoms with E-state index < -0.39 is 5.97 Å². The van der Waals surface area contributed by atoms with Gasteiger partial charge in [-0.2, -0.15) is 0 Å². The molecule has 3 nitrogen and oxygen atoms in total. The van der Waals surface area contributed by atoms with Gasteiger partial charge in [-0.25, -0.2) is 0 Å². The molecule has 4 saturated carbocycles. The van der Waals surface area contributed by atoms with Crippen molar-refractivity contribution in [1.82, 2.24) is 0 Å². The van der Waals surface area contributed by atoms with Crippen LogP contribution in [0.4, 0.5) is 0 Å². The average Bonchev–Trinajstić information content (AvgIpc) is 2.97. The highest BCUT2D eigenvalue weighted by Crippen LogP contribution is 2.68. The van der Waals surface area contributed by atoms with Crippen LogP contribution in [0.25, 0.3) is 0 Å².